The molecule has 0 N–H and O–H groups in total. The van der Waals surface area contributed by atoms with Crippen molar-refractivity contribution in [2.45, 2.75) is 33.4 Å². The lowest BCUT2D eigenvalue weighted by Crippen LogP contribution is -2.23. The Hall–Kier alpha value is -4.08. The lowest BCUT2D eigenvalue weighted by atomic mass is 10.1. The Morgan fingerprint density at radius 1 is 1.12 bits per heavy atom. The minimum atomic E-state index is -1.03. The molecule has 0 spiro atoms. The van der Waals surface area contributed by atoms with Gasteiger partial charge in [0.1, 0.15) is 33.0 Å². The molecule has 1 aromatic heterocycles. The van der Waals surface area contributed by atoms with Crippen molar-refractivity contribution in [3.05, 3.63) is 99.8 Å². The molecule has 3 atom stereocenters. The maximum atomic E-state index is 12.6. The number of amidine groups is 1. The summed E-state index contributed by atoms with van der Waals surface area (Å²) in [5.41, 5.74) is 1.25. The number of para-hydroxylation sites is 1. The van der Waals surface area contributed by atoms with Crippen molar-refractivity contribution < 1.29 is 14.3 Å². The molecule has 1 fully saturated rings. The molecule has 0 radical (unpaired) electrons. The summed E-state index contributed by atoms with van der Waals surface area (Å²) >= 11 is 17.1. The molecular weight excluding hydrogens is 609 g/mol. The molecule has 2 unspecified atom stereocenters. The fourth-order valence-corrected chi connectivity index (χ4v) is 4.73. The fourth-order valence-electron chi connectivity index (χ4n) is 4.34. The van der Waals surface area contributed by atoms with Gasteiger partial charge in [0, 0.05) is 25.4 Å². The van der Waals surface area contributed by atoms with E-state index in [1.54, 1.807) is 55.7 Å². The summed E-state index contributed by atoms with van der Waals surface area (Å²) < 4.78 is 11.4. The number of hydrogen-bond acceptors (Lipinski definition) is 7. The first-order valence-corrected chi connectivity index (χ1v) is 14.3. The van der Waals surface area contributed by atoms with E-state index in [1.807, 2.05) is 68.3 Å². The smallest absolute Gasteiger partial charge is 0.311 e. The molecular formula is C32H30Cl3N5O3. The van der Waals surface area contributed by atoms with Crippen molar-refractivity contribution in [2.24, 2.45) is 22.2 Å². The third-order valence-corrected chi connectivity index (χ3v) is 7.41. The van der Waals surface area contributed by atoms with Crippen LogP contribution in [0.1, 0.15) is 38.0 Å². The van der Waals surface area contributed by atoms with E-state index >= 15 is 0 Å². The average molecular weight is 639 g/mol. The van der Waals surface area contributed by atoms with Gasteiger partial charge < -0.3 is 14.4 Å². The first-order valence-electron chi connectivity index (χ1n) is 13.2. The summed E-state index contributed by atoms with van der Waals surface area (Å²) in [6, 6.07) is 21.9. The number of aliphatic imine (C=N–C) groups is 1. The second kappa shape index (κ2) is 15.4. The molecule has 222 valence electrons. The highest BCUT2D eigenvalue weighted by molar-refractivity contribution is 6.55. The average Bonchev–Trinajstić information content (AvgIpc) is 3.52. The van der Waals surface area contributed by atoms with Crippen LogP contribution < -0.4 is 4.74 Å². The summed E-state index contributed by atoms with van der Waals surface area (Å²) in [6.07, 6.45) is 4.07. The summed E-state index contributed by atoms with van der Waals surface area (Å²) in [7, 11) is 1.87. The zero-order valence-electron chi connectivity index (χ0n) is 24.0. The van der Waals surface area contributed by atoms with Crippen molar-refractivity contribution in [3.63, 3.8) is 0 Å². The van der Waals surface area contributed by atoms with Crippen LogP contribution in [-0.2, 0) is 16.1 Å². The van der Waals surface area contributed by atoms with E-state index in [1.165, 1.54) is 0 Å². The Morgan fingerprint density at radius 3 is 2.42 bits per heavy atom. The number of pyridine rings is 1. The SMILES string of the molecule is CC(=NC#N)N(C)Cc1ccc(Cl)nc1.CC1(C)C(C=C(Cl)Cl)C1C(=O)O[C@H](C#N)c1cccc(Oc2ccccc2)c1. The van der Waals surface area contributed by atoms with Crippen molar-refractivity contribution in [1.29, 1.82) is 10.5 Å². The Balaban J connectivity index is 0.000000285. The third-order valence-electron chi connectivity index (χ3n) is 6.93. The molecule has 11 heteroatoms. The van der Waals surface area contributed by atoms with Crippen molar-refractivity contribution in [2.75, 3.05) is 7.05 Å². The standard InChI is InChI=1S/C22H19Cl2NO3.C10H11ClN4/c1-22(2)17(12-19(23)24)20(22)21(26)28-18(13-25)14-7-6-10-16(11-14)27-15-8-4-3-5-9-15;1-8(14-7-12)15(2)6-9-3-4-10(11)13-5-9/h3-12,17-18,20H,1-2H3;3-5H,6H2,1-2H3/t17?,18-,20?;/m1./s1. The molecule has 1 heterocycles. The first kappa shape index (κ1) is 33.4. The van der Waals surface area contributed by atoms with Crippen LogP contribution in [0.15, 0.2) is 88.5 Å². The van der Waals surface area contributed by atoms with E-state index in [-0.39, 0.29) is 21.7 Å². The molecule has 0 saturated heterocycles. The van der Waals surface area contributed by atoms with Gasteiger partial charge in [-0.3, -0.25) is 4.79 Å². The number of ether oxygens (including phenoxy) is 2. The van der Waals surface area contributed by atoms with Gasteiger partial charge in [0.05, 0.1) is 5.92 Å². The monoisotopic (exact) mass is 637 g/mol. The van der Waals surface area contributed by atoms with Crippen LogP contribution in [-0.4, -0.2) is 28.7 Å². The predicted octanol–water partition coefficient (Wildman–Crippen LogP) is 8.24. The van der Waals surface area contributed by atoms with Crippen molar-refractivity contribution >= 4 is 46.6 Å². The van der Waals surface area contributed by atoms with Crippen molar-refractivity contribution in [1.82, 2.24) is 9.88 Å². The minimum absolute atomic E-state index is 0.114. The van der Waals surface area contributed by atoms with Crippen LogP contribution >= 0.6 is 34.8 Å². The van der Waals surface area contributed by atoms with Gasteiger partial charge in [-0.25, -0.2) is 4.98 Å². The number of esters is 1. The van der Waals surface area contributed by atoms with Gasteiger partial charge >= 0.3 is 5.97 Å². The van der Waals surface area contributed by atoms with Crippen LogP contribution in [0.4, 0.5) is 0 Å². The Bertz CT molecular complexity index is 1540. The van der Waals surface area contributed by atoms with E-state index < -0.39 is 12.1 Å². The highest BCUT2D eigenvalue weighted by Gasteiger charge is 2.62. The second-order valence-electron chi connectivity index (χ2n) is 10.3. The summed E-state index contributed by atoms with van der Waals surface area (Å²) in [5.74, 6) is 0.963. The maximum absolute atomic E-state index is 12.6. The quantitative estimate of drug-likeness (QED) is 0.0803. The number of carbonyl (C=O) groups excluding carboxylic acids is 1. The normalized spacial score (nSPS) is 17.1. The summed E-state index contributed by atoms with van der Waals surface area (Å²) in [5, 5.41) is 18.4. The number of rotatable bonds is 8. The number of halogens is 3. The fraction of sp³-hybridized carbons (Fsp3) is 0.281. The van der Waals surface area contributed by atoms with Gasteiger partial charge in [-0.1, -0.05) is 85.0 Å². The van der Waals surface area contributed by atoms with Gasteiger partial charge in [0.2, 0.25) is 12.3 Å². The van der Waals surface area contributed by atoms with Crippen LogP contribution in [0.2, 0.25) is 5.15 Å². The number of carbonyl (C=O) groups is 1. The lowest BCUT2D eigenvalue weighted by Gasteiger charge is -2.17. The molecule has 1 aliphatic carbocycles. The largest absolute Gasteiger partial charge is 0.457 e. The number of nitriles is 2. The van der Waals surface area contributed by atoms with Gasteiger partial charge in [0.25, 0.3) is 0 Å². The molecule has 0 aliphatic heterocycles. The van der Waals surface area contributed by atoms with Gasteiger partial charge in [-0.2, -0.15) is 15.5 Å². The number of nitrogens with zero attached hydrogens (tertiary/aromatic N) is 5. The summed E-state index contributed by atoms with van der Waals surface area (Å²) in [4.78, 5) is 22.1. The van der Waals surface area contributed by atoms with Crippen molar-refractivity contribution in [3.8, 4) is 23.8 Å². The maximum Gasteiger partial charge on any atom is 0.311 e. The van der Waals surface area contributed by atoms with E-state index in [0.717, 1.165) is 5.56 Å². The predicted molar refractivity (Wildman–Crippen MR) is 167 cm³/mol. The lowest BCUT2D eigenvalue weighted by molar-refractivity contribution is -0.149. The van der Waals surface area contributed by atoms with Crippen LogP contribution in [0.5, 0.6) is 11.5 Å². The molecule has 4 rings (SSSR count). The third kappa shape index (κ3) is 9.73. The van der Waals surface area contributed by atoms with Crippen LogP contribution in [0, 0.1) is 40.0 Å². The molecule has 0 bridgehead atoms. The van der Waals surface area contributed by atoms with E-state index in [4.69, 9.17) is 49.5 Å². The van der Waals surface area contributed by atoms with E-state index in [0.29, 0.717) is 34.6 Å². The molecule has 1 saturated carbocycles. The Labute approximate surface area is 266 Å². The highest BCUT2D eigenvalue weighted by atomic mass is 35.5. The molecule has 8 nitrogen and oxygen atoms in total. The number of benzene rings is 2. The Kier molecular flexibility index (Phi) is 12.0. The summed E-state index contributed by atoms with van der Waals surface area (Å²) in [6.45, 7) is 6.31. The number of aromatic nitrogens is 1. The van der Waals surface area contributed by atoms with Crippen LogP contribution in [0.25, 0.3) is 0 Å². The van der Waals surface area contributed by atoms with Crippen LogP contribution in [0.3, 0.4) is 0 Å². The first-order chi connectivity index (χ1) is 20.5. The van der Waals surface area contributed by atoms with Gasteiger partial charge in [-0.15, -0.1) is 0 Å². The van der Waals surface area contributed by atoms with E-state index in [2.05, 4.69) is 9.98 Å². The van der Waals surface area contributed by atoms with E-state index in [9.17, 15) is 10.1 Å². The second-order valence-corrected chi connectivity index (χ2v) is 11.7. The minimum Gasteiger partial charge on any atom is -0.457 e. The number of hydrogen-bond donors (Lipinski definition) is 0. The molecule has 2 aromatic carbocycles. The zero-order chi connectivity index (χ0) is 31.6. The van der Waals surface area contributed by atoms with Gasteiger partial charge in [0.15, 0.2) is 0 Å². The molecule has 43 heavy (non-hydrogen) atoms. The molecule has 0 amide bonds. The Morgan fingerprint density at radius 2 is 1.81 bits per heavy atom. The number of allylic oxidation sites excluding steroid dienone is 1. The topological polar surface area (TPSA) is 112 Å². The zero-order valence-corrected chi connectivity index (χ0v) is 26.3. The van der Waals surface area contributed by atoms with Gasteiger partial charge in [-0.05, 0) is 60.2 Å². The molecule has 3 aromatic rings. The molecule has 1 aliphatic rings. The highest BCUT2D eigenvalue weighted by Crippen LogP contribution is 2.60.